The lowest BCUT2D eigenvalue weighted by molar-refractivity contribution is 0.174. The van der Waals surface area contributed by atoms with Gasteiger partial charge in [0.1, 0.15) is 0 Å². The first-order valence-corrected chi connectivity index (χ1v) is 7.01. The largest absolute Gasteiger partial charge is 0.387 e. The molecule has 2 atom stereocenters. The Morgan fingerprint density at radius 3 is 2.06 bits per heavy atom. The number of aliphatic hydroxyl groups is 1. The Labute approximate surface area is 105 Å². The molecule has 86 valence electrons. The molecule has 0 heterocycles. The van der Waals surface area contributed by atoms with Crippen LogP contribution in [0.1, 0.15) is 22.5 Å². The van der Waals surface area contributed by atoms with Gasteiger partial charge in [0.2, 0.25) is 0 Å². The van der Waals surface area contributed by atoms with Crippen molar-refractivity contribution in [3.05, 3.63) is 59.7 Å². The van der Waals surface area contributed by atoms with Gasteiger partial charge >= 0.3 is 0 Å². The molecule has 17 heavy (non-hydrogen) atoms. The zero-order valence-corrected chi connectivity index (χ0v) is 10.4. The first kappa shape index (κ1) is 10.9. The number of aliphatic hydroxyl groups excluding tert-OH is 1. The summed E-state index contributed by atoms with van der Waals surface area (Å²) in [6, 6.07) is 16.5. The third-order valence-corrected chi connectivity index (χ3v) is 4.40. The topological polar surface area (TPSA) is 20.2 Å². The normalized spacial score (nSPS) is 21.8. The smallest absolute Gasteiger partial charge is 0.0955 e. The highest BCUT2D eigenvalue weighted by molar-refractivity contribution is 7.98. The Balaban J connectivity index is 2.29. The van der Waals surface area contributed by atoms with Crippen LogP contribution in [0.2, 0.25) is 0 Å². The van der Waals surface area contributed by atoms with E-state index in [9.17, 15) is 5.11 Å². The molecule has 0 bridgehead atoms. The molecule has 2 heteroatoms. The van der Waals surface area contributed by atoms with Crippen LogP contribution in [0.15, 0.2) is 48.5 Å². The molecule has 0 spiro atoms. The van der Waals surface area contributed by atoms with Crippen molar-refractivity contribution < 1.29 is 5.11 Å². The summed E-state index contributed by atoms with van der Waals surface area (Å²) in [6.07, 6.45) is 1.65. The zero-order valence-electron chi connectivity index (χ0n) is 9.63. The minimum absolute atomic E-state index is 0.140. The van der Waals surface area contributed by atoms with Crippen LogP contribution < -0.4 is 0 Å². The third-order valence-electron chi connectivity index (χ3n) is 3.38. The average molecular weight is 242 g/mol. The monoisotopic (exact) mass is 242 g/mol. The Morgan fingerprint density at radius 1 is 0.882 bits per heavy atom. The van der Waals surface area contributed by atoms with Crippen LogP contribution in [0.25, 0.3) is 11.1 Å². The van der Waals surface area contributed by atoms with E-state index >= 15 is 0 Å². The molecule has 0 amide bonds. The molecule has 2 unspecified atom stereocenters. The Hall–Kier alpha value is -1.25. The highest BCUT2D eigenvalue weighted by Gasteiger charge is 2.31. The van der Waals surface area contributed by atoms with Gasteiger partial charge in [-0.05, 0) is 28.5 Å². The van der Waals surface area contributed by atoms with E-state index < -0.39 is 6.10 Å². The number of benzene rings is 2. The molecule has 0 aliphatic heterocycles. The molecule has 2 aromatic carbocycles. The average Bonchev–Trinajstić information content (AvgIpc) is 2.40. The van der Waals surface area contributed by atoms with Gasteiger partial charge in [-0.25, -0.2) is 0 Å². The summed E-state index contributed by atoms with van der Waals surface area (Å²) in [5, 5.41) is 10.6. The van der Waals surface area contributed by atoms with Crippen molar-refractivity contribution in [2.45, 2.75) is 11.4 Å². The Kier molecular flexibility index (Phi) is 2.69. The van der Waals surface area contributed by atoms with Gasteiger partial charge in [0.25, 0.3) is 0 Å². The van der Waals surface area contributed by atoms with Crippen LogP contribution in [0.4, 0.5) is 0 Å². The molecule has 1 nitrogen and oxygen atoms in total. The lowest BCUT2D eigenvalue weighted by Gasteiger charge is -2.31. The van der Waals surface area contributed by atoms with Crippen LogP contribution in [-0.4, -0.2) is 11.4 Å². The lowest BCUT2D eigenvalue weighted by atomic mass is 9.83. The standard InChI is InChI=1S/C15H14OS/c1-17-15-13-9-5-3-7-11(13)10-6-2-4-8-12(10)14(15)16/h2-9,14-16H,1H3. The van der Waals surface area contributed by atoms with Gasteiger partial charge < -0.3 is 5.11 Å². The summed E-state index contributed by atoms with van der Waals surface area (Å²) in [7, 11) is 0. The van der Waals surface area contributed by atoms with Gasteiger partial charge in [0, 0.05) is 0 Å². The quantitative estimate of drug-likeness (QED) is 0.820. The first-order valence-electron chi connectivity index (χ1n) is 5.72. The molecule has 1 aliphatic rings. The molecular weight excluding hydrogens is 228 g/mol. The number of fused-ring (bicyclic) bond motifs is 3. The van der Waals surface area contributed by atoms with Crippen LogP contribution >= 0.6 is 11.8 Å². The Bertz CT molecular complexity index is 550. The second-order valence-electron chi connectivity index (χ2n) is 4.28. The van der Waals surface area contributed by atoms with Crippen molar-refractivity contribution in [3.63, 3.8) is 0 Å². The fraction of sp³-hybridized carbons (Fsp3) is 0.200. The SMILES string of the molecule is CSC1c2ccccc2-c2ccccc2C1O. The Morgan fingerprint density at radius 2 is 1.41 bits per heavy atom. The minimum Gasteiger partial charge on any atom is -0.387 e. The van der Waals surface area contributed by atoms with Gasteiger partial charge in [-0.2, -0.15) is 11.8 Å². The van der Waals surface area contributed by atoms with Gasteiger partial charge in [0.05, 0.1) is 11.4 Å². The maximum atomic E-state index is 10.4. The van der Waals surface area contributed by atoms with E-state index in [0.717, 1.165) is 5.56 Å². The molecule has 0 fully saturated rings. The first-order chi connectivity index (χ1) is 8.33. The number of rotatable bonds is 1. The molecule has 0 aromatic heterocycles. The fourth-order valence-corrected chi connectivity index (χ4v) is 3.44. The predicted molar refractivity (Wildman–Crippen MR) is 73.1 cm³/mol. The van der Waals surface area contributed by atoms with E-state index in [-0.39, 0.29) is 5.25 Å². The summed E-state index contributed by atoms with van der Waals surface area (Å²) in [5.41, 5.74) is 4.71. The zero-order chi connectivity index (χ0) is 11.8. The fourth-order valence-electron chi connectivity index (χ4n) is 2.58. The summed E-state index contributed by atoms with van der Waals surface area (Å²) in [6.45, 7) is 0. The van der Waals surface area contributed by atoms with Crippen molar-refractivity contribution >= 4 is 11.8 Å². The molecule has 0 saturated heterocycles. The van der Waals surface area contributed by atoms with Crippen LogP contribution in [0.5, 0.6) is 0 Å². The molecule has 0 saturated carbocycles. The molecular formula is C15H14OS. The van der Waals surface area contributed by atoms with Gasteiger partial charge in [0.15, 0.2) is 0 Å². The van der Waals surface area contributed by atoms with Gasteiger partial charge in [-0.1, -0.05) is 48.5 Å². The maximum Gasteiger partial charge on any atom is 0.0955 e. The van der Waals surface area contributed by atoms with E-state index in [0.29, 0.717) is 0 Å². The third kappa shape index (κ3) is 1.60. The molecule has 1 aliphatic carbocycles. The number of thioether (sulfide) groups is 1. The van der Waals surface area contributed by atoms with Crippen molar-refractivity contribution in [1.82, 2.24) is 0 Å². The molecule has 0 radical (unpaired) electrons. The lowest BCUT2D eigenvalue weighted by Crippen LogP contribution is -2.14. The summed E-state index contributed by atoms with van der Waals surface area (Å²) in [5.74, 6) is 0. The molecule has 3 rings (SSSR count). The second-order valence-corrected chi connectivity index (χ2v) is 5.25. The second kappa shape index (κ2) is 4.21. The maximum absolute atomic E-state index is 10.4. The van der Waals surface area contributed by atoms with Gasteiger partial charge in [-0.3, -0.25) is 0 Å². The number of hydrogen-bond acceptors (Lipinski definition) is 2. The van der Waals surface area contributed by atoms with Crippen molar-refractivity contribution in [3.8, 4) is 11.1 Å². The molecule has 2 aromatic rings. The van der Waals surface area contributed by atoms with E-state index in [2.05, 4.69) is 30.5 Å². The van der Waals surface area contributed by atoms with E-state index in [1.807, 2.05) is 24.3 Å². The van der Waals surface area contributed by atoms with E-state index in [1.165, 1.54) is 16.7 Å². The van der Waals surface area contributed by atoms with Gasteiger partial charge in [-0.15, -0.1) is 0 Å². The van der Waals surface area contributed by atoms with Crippen LogP contribution in [0, 0.1) is 0 Å². The van der Waals surface area contributed by atoms with E-state index in [1.54, 1.807) is 11.8 Å². The minimum atomic E-state index is -0.406. The summed E-state index contributed by atoms with van der Waals surface area (Å²) in [4.78, 5) is 0. The highest BCUT2D eigenvalue weighted by Crippen LogP contribution is 2.49. The highest BCUT2D eigenvalue weighted by atomic mass is 32.2. The van der Waals surface area contributed by atoms with Crippen molar-refractivity contribution in [1.29, 1.82) is 0 Å². The van der Waals surface area contributed by atoms with Crippen molar-refractivity contribution in [2.24, 2.45) is 0 Å². The predicted octanol–water partition coefficient (Wildman–Crippen LogP) is 3.80. The number of hydrogen-bond donors (Lipinski definition) is 1. The van der Waals surface area contributed by atoms with Crippen LogP contribution in [0.3, 0.4) is 0 Å². The summed E-state index contributed by atoms with van der Waals surface area (Å²) < 4.78 is 0. The van der Waals surface area contributed by atoms with Crippen molar-refractivity contribution in [2.75, 3.05) is 6.26 Å². The van der Waals surface area contributed by atoms with Crippen LogP contribution in [-0.2, 0) is 0 Å². The molecule has 1 N–H and O–H groups in total. The van der Waals surface area contributed by atoms with E-state index in [4.69, 9.17) is 0 Å². The summed E-state index contributed by atoms with van der Waals surface area (Å²) >= 11 is 1.71.